The van der Waals surface area contributed by atoms with Crippen LogP contribution in [0.2, 0.25) is 0 Å². The maximum atomic E-state index is 12.0. The first kappa shape index (κ1) is 12.4. The Hall–Kier alpha value is -2.02. The Morgan fingerprint density at radius 1 is 1.33 bits per heavy atom. The van der Waals surface area contributed by atoms with Crippen molar-refractivity contribution in [2.45, 2.75) is 11.9 Å². The number of nitrogens with zero attached hydrogens (tertiary/aromatic N) is 2. The number of phenols is 1. The molecule has 0 radical (unpaired) electrons. The minimum Gasteiger partial charge on any atom is -0.508 e. The molecule has 0 aliphatic carbocycles. The highest BCUT2D eigenvalue weighted by Crippen LogP contribution is 2.22. The molecular formula is C11H13N3O3S. The van der Waals surface area contributed by atoms with E-state index in [0.717, 1.165) is 0 Å². The van der Waals surface area contributed by atoms with Gasteiger partial charge in [0.25, 0.3) is 10.0 Å². The number of aromatic nitrogens is 2. The minimum atomic E-state index is -3.66. The van der Waals surface area contributed by atoms with Crippen molar-refractivity contribution in [1.29, 1.82) is 0 Å². The number of aryl methyl sites for hydroxylation is 2. The van der Waals surface area contributed by atoms with Gasteiger partial charge in [0.1, 0.15) is 5.75 Å². The molecule has 0 saturated carbocycles. The zero-order chi connectivity index (χ0) is 13.3. The fourth-order valence-corrected chi connectivity index (χ4v) is 2.73. The number of rotatable bonds is 3. The van der Waals surface area contributed by atoms with Gasteiger partial charge in [0, 0.05) is 12.7 Å². The Morgan fingerprint density at radius 2 is 2.06 bits per heavy atom. The molecule has 0 aliphatic rings. The van der Waals surface area contributed by atoms with Crippen molar-refractivity contribution in [3.63, 3.8) is 0 Å². The van der Waals surface area contributed by atoms with Crippen LogP contribution in [0, 0.1) is 6.92 Å². The number of phenolic OH excluding ortho intramolecular Hbond substituents is 1. The highest BCUT2D eigenvalue weighted by molar-refractivity contribution is 7.92. The molecule has 96 valence electrons. The molecule has 0 unspecified atom stereocenters. The molecule has 2 rings (SSSR count). The van der Waals surface area contributed by atoms with Gasteiger partial charge in [-0.15, -0.1) is 0 Å². The standard InChI is InChI=1S/C11H13N3O3S/c1-8-7-9(3-4-10(8)15)13-18(16,17)11-5-6-12-14(11)2/h3-7,13,15H,1-2H3. The zero-order valence-corrected chi connectivity index (χ0v) is 10.8. The number of sulfonamides is 1. The van der Waals surface area contributed by atoms with E-state index in [0.29, 0.717) is 11.3 Å². The first-order chi connectivity index (χ1) is 8.40. The lowest BCUT2D eigenvalue weighted by Gasteiger charge is -2.09. The lowest BCUT2D eigenvalue weighted by atomic mass is 10.2. The van der Waals surface area contributed by atoms with E-state index in [-0.39, 0.29) is 10.8 Å². The van der Waals surface area contributed by atoms with Gasteiger partial charge in [-0.1, -0.05) is 0 Å². The van der Waals surface area contributed by atoms with Crippen molar-refractivity contribution in [1.82, 2.24) is 9.78 Å². The average Bonchev–Trinajstić information content (AvgIpc) is 2.70. The minimum absolute atomic E-state index is 0.0771. The van der Waals surface area contributed by atoms with Crippen LogP contribution >= 0.6 is 0 Å². The van der Waals surface area contributed by atoms with Gasteiger partial charge < -0.3 is 5.11 Å². The summed E-state index contributed by atoms with van der Waals surface area (Å²) < 4.78 is 27.8. The van der Waals surface area contributed by atoms with Gasteiger partial charge in [0.05, 0.1) is 6.20 Å². The summed E-state index contributed by atoms with van der Waals surface area (Å²) in [6.45, 7) is 1.69. The normalized spacial score (nSPS) is 11.4. The molecule has 0 amide bonds. The third-order valence-corrected chi connectivity index (χ3v) is 3.96. The maximum Gasteiger partial charge on any atom is 0.279 e. The van der Waals surface area contributed by atoms with Crippen LogP contribution in [0.15, 0.2) is 35.5 Å². The van der Waals surface area contributed by atoms with Crippen LogP contribution in [0.4, 0.5) is 5.69 Å². The molecule has 18 heavy (non-hydrogen) atoms. The Labute approximate surface area is 105 Å². The Balaban J connectivity index is 2.34. The molecule has 1 aromatic heterocycles. The fourth-order valence-electron chi connectivity index (χ4n) is 1.55. The second kappa shape index (κ2) is 4.34. The maximum absolute atomic E-state index is 12.0. The third kappa shape index (κ3) is 2.30. The van der Waals surface area contributed by atoms with Crippen LogP contribution in [0.5, 0.6) is 5.75 Å². The summed E-state index contributed by atoms with van der Waals surface area (Å²) in [5.74, 6) is 0.124. The highest BCUT2D eigenvalue weighted by Gasteiger charge is 2.18. The number of aromatic hydroxyl groups is 1. The van der Waals surface area contributed by atoms with Crippen molar-refractivity contribution in [3.8, 4) is 5.75 Å². The molecule has 0 atom stereocenters. The van der Waals surface area contributed by atoms with Crippen molar-refractivity contribution in [3.05, 3.63) is 36.0 Å². The number of hydrogen-bond acceptors (Lipinski definition) is 4. The summed E-state index contributed by atoms with van der Waals surface area (Å²) in [5, 5.41) is 13.3. The largest absolute Gasteiger partial charge is 0.508 e. The van der Waals surface area contributed by atoms with E-state index >= 15 is 0 Å². The Morgan fingerprint density at radius 3 is 2.61 bits per heavy atom. The Bertz CT molecular complexity index is 677. The summed E-state index contributed by atoms with van der Waals surface area (Å²) in [6, 6.07) is 5.91. The molecule has 0 spiro atoms. The van der Waals surface area contributed by atoms with Crippen LogP contribution in [0.3, 0.4) is 0 Å². The van der Waals surface area contributed by atoms with Gasteiger partial charge in [0.2, 0.25) is 0 Å². The number of hydrogen-bond donors (Lipinski definition) is 2. The summed E-state index contributed by atoms with van der Waals surface area (Å²) in [5.41, 5.74) is 0.992. The average molecular weight is 267 g/mol. The Kier molecular flexibility index (Phi) is 3.00. The first-order valence-electron chi connectivity index (χ1n) is 5.20. The molecule has 1 aromatic carbocycles. The van der Waals surface area contributed by atoms with E-state index in [1.807, 2.05) is 0 Å². The molecule has 0 fully saturated rings. The molecule has 7 heteroatoms. The molecule has 1 heterocycles. The lowest BCUT2D eigenvalue weighted by molar-refractivity contribution is 0.471. The summed E-state index contributed by atoms with van der Waals surface area (Å²) >= 11 is 0. The van der Waals surface area contributed by atoms with Gasteiger partial charge in [-0.25, -0.2) is 0 Å². The van der Waals surface area contributed by atoms with Crippen LogP contribution in [-0.2, 0) is 17.1 Å². The fraction of sp³-hybridized carbons (Fsp3) is 0.182. The predicted molar refractivity (Wildman–Crippen MR) is 66.9 cm³/mol. The van der Waals surface area contributed by atoms with Crippen LogP contribution in [-0.4, -0.2) is 23.3 Å². The highest BCUT2D eigenvalue weighted by atomic mass is 32.2. The molecule has 0 saturated heterocycles. The van der Waals surface area contributed by atoms with Crippen LogP contribution < -0.4 is 4.72 Å². The van der Waals surface area contributed by atoms with Crippen molar-refractivity contribution < 1.29 is 13.5 Å². The summed E-state index contributed by atoms with van der Waals surface area (Å²) in [6.07, 6.45) is 1.41. The summed E-state index contributed by atoms with van der Waals surface area (Å²) in [7, 11) is -2.11. The summed E-state index contributed by atoms with van der Waals surface area (Å²) in [4.78, 5) is 0. The molecule has 6 nitrogen and oxygen atoms in total. The predicted octanol–water partition coefficient (Wildman–Crippen LogP) is 1.23. The smallest absolute Gasteiger partial charge is 0.279 e. The van der Waals surface area contributed by atoms with Crippen LogP contribution in [0.1, 0.15) is 5.56 Å². The van der Waals surface area contributed by atoms with E-state index in [1.165, 1.54) is 29.1 Å². The zero-order valence-electron chi connectivity index (χ0n) is 9.95. The van der Waals surface area contributed by atoms with Gasteiger partial charge in [0.15, 0.2) is 5.03 Å². The number of nitrogens with one attached hydrogen (secondary N) is 1. The van der Waals surface area contributed by atoms with E-state index in [2.05, 4.69) is 9.82 Å². The third-order valence-electron chi connectivity index (χ3n) is 2.50. The van der Waals surface area contributed by atoms with E-state index in [9.17, 15) is 13.5 Å². The molecule has 0 aliphatic heterocycles. The molecular weight excluding hydrogens is 254 g/mol. The molecule has 2 aromatic rings. The monoisotopic (exact) mass is 267 g/mol. The molecule has 2 N–H and O–H groups in total. The van der Waals surface area contributed by atoms with Crippen molar-refractivity contribution >= 4 is 15.7 Å². The topological polar surface area (TPSA) is 84.2 Å². The second-order valence-corrected chi connectivity index (χ2v) is 5.53. The van der Waals surface area contributed by atoms with Gasteiger partial charge >= 0.3 is 0 Å². The van der Waals surface area contributed by atoms with Gasteiger partial charge in [-0.05, 0) is 36.8 Å². The van der Waals surface area contributed by atoms with E-state index in [1.54, 1.807) is 20.0 Å². The SMILES string of the molecule is Cc1cc(NS(=O)(=O)c2ccnn2C)ccc1O. The lowest BCUT2D eigenvalue weighted by Crippen LogP contribution is -2.16. The number of benzene rings is 1. The second-order valence-electron chi connectivity index (χ2n) is 3.90. The van der Waals surface area contributed by atoms with E-state index in [4.69, 9.17) is 0 Å². The quantitative estimate of drug-likeness (QED) is 0.819. The first-order valence-corrected chi connectivity index (χ1v) is 6.69. The number of anilines is 1. The van der Waals surface area contributed by atoms with Gasteiger partial charge in [-0.3, -0.25) is 9.40 Å². The van der Waals surface area contributed by atoms with Gasteiger partial charge in [-0.2, -0.15) is 13.5 Å². The van der Waals surface area contributed by atoms with E-state index < -0.39 is 10.0 Å². The molecule has 0 bridgehead atoms. The van der Waals surface area contributed by atoms with Crippen molar-refractivity contribution in [2.24, 2.45) is 7.05 Å². The van der Waals surface area contributed by atoms with Crippen LogP contribution in [0.25, 0.3) is 0 Å². The van der Waals surface area contributed by atoms with Crippen molar-refractivity contribution in [2.75, 3.05) is 4.72 Å².